The van der Waals surface area contributed by atoms with Crippen molar-refractivity contribution in [1.82, 2.24) is 9.88 Å². The van der Waals surface area contributed by atoms with Crippen LogP contribution in [0.5, 0.6) is 11.5 Å². The summed E-state index contributed by atoms with van der Waals surface area (Å²) in [6.07, 6.45) is 6.87. The molecular formula is C25H35N3O3. The van der Waals surface area contributed by atoms with Crippen LogP contribution in [0.25, 0.3) is 10.9 Å². The maximum absolute atomic E-state index is 6.18. The number of nitrogens with zero attached hydrogens (tertiary/aromatic N) is 2. The van der Waals surface area contributed by atoms with Crippen molar-refractivity contribution >= 4 is 16.6 Å². The molecule has 1 aromatic heterocycles. The highest BCUT2D eigenvalue weighted by atomic mass is 16.5. The molecule has 0 saturated carbocycles. The average Bonchev–Trinajstić information content (AvgIpc) is 3.50. The van der Waals surface area contributed by atoms with Gasteiger partial charge in [0.1, 0.15) is 0 Å². The van der Waals surface area contributed by atoms with E-state index in [0.717, 1.165) is 66.9 Å². The van der Waals surface area contributed by atoms with Crippen molar-refractivity contribution in [3.05, 3.63) is 23.4 Å². The SMILES string of the molecule is COc1cc2c3c(c(C4CCCO4)nc2cc1OCCCN1CCCC1)CC(C)(C)N3. The van der Waals surface area contributed by atoms with Gasteiger partial charge >= 0.3 is 0 Å². The number of likely N-dealkylation sites (tertiary alicyclic amines) is 1. The number of benzene rings is 1. The summed E-state index contributed by atoms with van der Waals surface area (Å²) >= 11 is 0. The van der Waals surface area contributed by atoms with Crippen molar-refractivity contribution in [2.24, 2.45) is 0 Å². The van der Waals surface area contributed by atoms with Gasteiger partial charge in [0.05, 0.1) is 31.0 Å². The van der Waals surface area contributed by atoms with E-state index in [0.29, 0.717) is 6.61 Å². The predicted octanol–water partition coefficient (Wildman–Crippen LogP) is 4.71. The molecule has 5 rings (SSSR count). The Labute approximate surface area is 185 Å². The molecule has 0 radical (unpaired) electrons. The molecule has 4 heterocycles. The van der Waals surface area contributed by atoms with Crippen molar-refractivity contribution in [3.8, 4) is 11.5 Å². The summed E-state index contributed by atoms with van der Waals surface area (Å²) in [6, 6.07) is 4.14. The molecule has 0 spiro atoms. The second kappa shape index (κ2) is 8.47. The van der Waals surface area contributed by atoms with Gasteiger partial charge in [0, 0.05) is 41.4 Å². The van der Waals surface area contributed by atoms with Gasteiger partial charge in [0.25, 0.3) is 0 Å². The van der Waals surface area contributed by atoms with Crippen LogP contribution in [0.2, 0.25) is 0 Å². The van der Waals surface area contributed by atoms with E-state index in [-0.39, 0.29) is 11.6 Å². The van der Waals surface area contributed by atoms with E-state index in [1.165, 1.54) is 37.2 Å². The lowest BCUT2D eigenvalue weighted by atomic mass is 9.96. The van der Waals surface area contributed by atoms with Gasteiger partial charge in [0.2, 0.25) is 0 Å². The first kappa shape index (κ1) is 20.8. The maximum Gasteiger partial charge on any atom is 0.163 e. The van der Waals surface area contributed by atoms with Crippen LogP contribution in [0.3, 0.4) is 0 Å². The molecule has 168 valence electrons. The minimum Gasteiger partial charge on any atom is -0.493 e. The van der Waals surface area contributed by atoms with Crippen molar-refractivity contribution in [1.29, 1.82) is 0 Å². The molecule has 2 fully saturated rings. The summed E-state index contributed by atoms with van der Waals surface area (Å²) in [4.78, 5) is 7.63. The fourth-order valence-corrected chi connectivity index (χ4v) is 5.28. The maximum atomic E-state index is 6.18. The van der Waals surface area contributed by atoms with Crippen molar-refractivity contribution in [3.63, 3.8) is 0 Å². The lowest BCUT2D eigenvalue weighted by molar-refractivity contribution is 0.108. The van der Waals surface area contributed by atoms with Gasteiger partial charge in [0.15, 0.2) is 11.5 Å². The zero-order valence-corrected chi connectivity index (χ0v) is 19.1. The molecule has 1 aromatic carbocycles. The highest BCUT2D eigenvalue weighted by molar-refractivity contribution is 5.97. The Morgan fingerprint density at radius 2 is 2.03 bits per heavy atom. The van der Waals surface area contributed by atoms with Crippen LogP contribution < -0.4 is 14.8 Å². The predicted molar refractivity (Wildman–Crippen MR) is 123 cm³/mol. The number of nitrogens with one attached hydrogen (secondary N) is 1. The Morgan fingerprint density at radius 3 is 2.77 bits per heavy atom. The van der Waals surface area contributed by atoms with Crippen LogP contribution in [0, 0.1) is 0 Å². The smallest absolute Gasteiger partial charge is 0.163 e. The Hall–Kier alpha value is -2.05. The number of anilines is 1. The Morgan fingerprint density at radius 1 is 1.19 bits per heavy atom. The lowest BCUT2D eigenvalue weighted by Gasteiger charge is -2.19. The minimum atomic E-state index is 0.00360. The van der Waals surface area contributed by atoms with Crippen LogP contribution in [0.4, 0.5) is 5.69 Å². The molecule has 2 saturated heterocycles. The molecular weight excluding hydrogens is 390 g/mol. The van der Waals surface area contributed by atoms with Gasteiger partial charge in [-0.1, -0.05) is 0 Å². The van der Waals surface area contributed by atoms with Crippen molar-refractivity contribution in [2.45, 2.75) is 64.0 Å². The Bertz CT molecular complexity index is 947. The first-order chi connectivity index (χ1) is 15.0. The Kier molecular flexibility index (Phi) is 5.69. The molecule has 0 bridgehead atoms. The Balaban J connectivity index is 1.45. The minimum absolute atomic E-state index is 0.00360. The molecule has 1 N–H and O–H groups in total. The number of hydrogen-bond donors (Lipinski definition) is 1. The third kappa shape index (κ3) is 4.20. The first-order valence-corrected chi connectivity index (χ1v) is 11.8. The zero-order chi connectivity index (χ0) is 21.4. The van der Waals surface area contributed by atoms with Crippen LogP contribution in [-0.2, 0) is 11.2 Å². The third-order valence-corrected chi connectivity index (χ3v) is 6.79. The van der Waals surface area contributed by atoms with Gasteiger partial charge < -0.3 is 24.4 Å². The number of hydrogen-bond acceptors (Lipinski definition) is 6. The van der Waals surface area contributed by atoms with Crippen LogP contribution >= 0.6 is 0 Å². The van der Waals surface area contributed by atoms with Crippen LogP contribution in [0.1, 0.15) is 63.3 Å². The van der Waals surface area contributed by atoms with E-state index < -0.39 is 0 Å². The van der Waals surface area contributed by atoms with Crippen LogP contribution in [-0.4, -0.2) is 55.4 Å². The highest BCUT2D eigenvalue weighted by Gasteiger charge is 2.35. The summed E-state index contributed by atoms with van der Waals surface area (Å²) in [6.45, 7) is 9.55. The number of methoxy groups -OCH3 is 1. The summed E-state index contributed by atoms with van der Waals surface area (Å²) in [5.41, 5.74) is 4.53. The van der Waals surface area contributed by atoms with Crippen molar-refractivity contribution in [2.75, 3.05) is 45.3 Å². The second-order valence-corrected chi connectivity index (χ2v) is 9.81. The van der Waals surface area contributed by atoms with Gasteiger partial charge in [-0.2, -0.15) is 0 Å². The topological polar surface area (TPSA) is 55.9 Å². The molecule has 6 nitrogen and oxygen atoms in total. The summed E-state index contributed by atoms with van der Waals surface area (Å²) in [5.74, 6) is 1.55. The normalized spacial score (nSPS) is 22.6. The quantitative estimate of drug-likeness (QED) is 0.649. The van der Waals surface area contributed by atoms with Gasteiger partial charge in [-0.3, -0.25) is 0 Å². The second-order valence-electron chi connectivity index (χ2n) is 9.81. The molecule has 31 heavy (non-hydrogen) atoms. The molecule has 3 aliphatic rings. The lowest BCUT2D eigenvalue weighted by Crippen LogP contribution is -2.27. The number of pyridine rings is 1. The molecule has 2 aromatic rings. The molecule has 1 unspecified atom stereocenters. The van der Waals surface area contributed by atoms with E-state index in [2.05, 4.69) is 36.2 Å². The van der Waals surface area contributed by atoms with Gasteiger partial charge in [-0.05, 0) is 71.5 Å². The number of fused-ring (bicyclic) bond motifs is 3. The largest absolute Gasteiger partial charge is 0.493 e. The number of aromatic nitrogens is 1. The van der Waals surface area contributed by atoms with Gasteiger partial charge in [-0.15, -0.1) is 0 Å². The average molecular weight is 426 g/mol. The van der Waals surface area contributed by atoms with E-state index >= 15 is 0 Å². The standard InChI is InChI=1S/C25H35N3O3/c1-25(2)16-18-23(27-25)17-14-21(29-3)22(31-13-7-11-28-9-4-5-10-28)15-19(17)26-24(18)20-8-6-12-30-20/h14-15,20,27H,4-13,16H2,1-3H3. The monoisotopic (exact) mass is 425 g/mol. The van der Waals surface area contributed by atoms with Crippen LogP contribution in [0.15, 0.2) is 12.1 Å². The fraction of sp³-hybridized carbons (Fsp3) is 0.640. The zero-order valence-electron chi connectivity index (χ0n) is 19.1. The van der Waals surface area contributed by atoms with E-state index in [4.69, 9.17) is 19.2 Å². The van der Waals surface area contributed by atoms with Gasteiger partial charge in [-0.25, -0.2) is 4.98 Å². The number of rotatable bonds is 7. The third-order valence-electron chi connectivity index (χ3n) is 6.79. The summed E-state index contributed by atoms with van der Waals surface area (Å²) in [5, 5.41) is 4.84. The molecule has 0 amide bonds. The van der Waals surface area contributed by atoms with E-state index in [1.807, 2.05) is 0 Å². The van der Waals surface area contributed by atoms with E-state index in [1.54, 1.807) is 7.11 Å². The molecule has 3 aliphatic heterocycles. The summed E-state index contributed by atoms with van der Waals surface area (Å²) < 4.78 is 17.9. The summed E-state index contributed by atoms with van der Waals surface area (Å²) in [7, 11) is 1.71. The molecule has 6 heteroatoms. The highest BCUT2D eigenvalue weighted by Crippen LogP contribution is 2.45. The van der Waals surface area contributed by atoms with Crippen molar-refractivity contribution < 1.29 is 14.2 Å². The van der Waals surface area contributed by atoms with E-state index in [9.17, 15) is 0 Å². The fourth-order valence-electron chi connectivity index (χ4n) is 5.28. The molecule has 1 atom stereocenters. The first-order valence-electron chi connectivity index (χ1n) is 11.8. The molecule has 0 aliphatic carbocycles. The number of ether oxygens (including phenoxy) is 3.